The zero-order valence-corrected chi connectivity index (χ0v) is 23.7. The van der Waals surface area contributed by atoms with E-state index in [1.54, 1.807) is 11.8 Å². The molecule has 3 nitrogen and oxygen atoms in total. The normalized spacial score (nSPS) is 20.1. The Kier molecular flexibility index (Phi) is 6.66. The van der Waals surface area contributed by atoms with Crippen LogP contribution in [0.2, 0.25) is 5.02 Å². The van der Waals surface area contributed by atoms with Crippen LogP contribution in [-0.4, -0.2) is 5.91 Å². The molecule has 5 aromatic carbocycles. The Hall–Kier alpha value is -4.25. The number of hydrogen-bond donors (Lipinski definition) is 0. The molecule has 2 heterocycles. The summed E-state index contributed by atoms with van der Waals surface area (Å²) >= 11 is 8.24. The third-order valence-electron chi connectivity index (χ3n) is 7.66. The Labute approximate surface area is 249 Å². The summed E-state index contributed by atoms with van der Waals surface area (Å²) in [6, 6.07) is 46.0. The molecule has 2 aliphatic rings. The van der Waals surface area contributed by atoms with E-state index in [-0.39, 0.29) is 11.2 Å². The summed E-state index contributed by atoms with van der Waals surface area (Å²) in [5, 5.41) is 0.645. The average molecular weight is 572 g/mol. The van der Waals surface area contributed by atoms with Crippen molar-refractivity contribution in [2.24, 2.45) is 0 Å². The predicted octanol–water partition coefficient (Wildman–Crippen LogP) is 9.36. The van der Waals surface area contributed by atoms with Crippen LogP contribution in [0.3, 0.4) is 0 Å². The smallest absolute Gasteiger partial charge is 0.266 e. The highest BCUT2D eigenvalue weighted by atomic mass is 35.5. The predicted molar refractivity (Wildman–Crippen MR) is 167 cm³/mol. The molecular formula is C36H26ClNO2S. The van der Waals surface area contributed by atoms with Gasteiger partial charge in [-0.2, -0.15) is 0 Å². The molecule has 0 saturated carbocycles. The number of benzene rings is 5. The number of carbonyl (C=O) groups is 1. The average Bonchev–Trinajstić information content (AvgIpc) is 3.18. The maximum Gasteiger partial charge on any atom is 0.266 e. The molecule has 0 saturated heterocycles. The summed E-state index contributed by atoms with van der Waals surface area (Å²) < 4.78 is 7.34. The number of ether oxygens (including phenoxy) is 1. The van der Waals surface area contributed by atoms with Gasteiger partial charge in [0.05, 0.1) is 11.3 Å². The van der Waals surface area contributed by atoms with Crippen LogP contribution in [0.15, 0.2) is 144 Å². The first-order chi connectivity index (χ1) is 20.1. The van der Waals surface area contributed by atoms with Gasteiger partial charge in [-0.1, -0.05) is 127 Å². The van der Waals surface area contributed by atoms with Crippen LogP contribution >= 0.6 is 23.4 Å². The second kappa shape index (κ2) is 10.6. The summed E-state index contributed by atoms with van der Waals surface area (Å²) in [5.41, 5.74) is 3.94. The van der Waals surface area contributed by atoms with Crippen molar-refractivity contribution in [1.82, 2.24) is 0 Å². The Balaban J connectivity index is 1.55. The van der Waals surface area contributed by atoms with Gasteiger partial charge in [0.15, 0.2) is 0 Å². The molecule has 5 heteroatoms. The number of para-hydroxylation sites is 1. The van der Waals surface area contributed by atoms with Crippen molar-refractivity contribution < 1.29 is 9.53 Å². The Morgan fingerprint density at radius 2 is 1.37 bits per heavy atom. The highest BCUT2D eigenvalue weighted by molar-refractivity contribution is 7.99. The topological polar surface area (TPSA) is 29.5 Å². The molecule has 200 valence electrons. The molecule has 0 fully saturated rings. The lowest BCUT2D eigenvalue weighted by Gasteiger charge is -2.48. The molecule has 0 unspecified atom stereocenters. The summed E-state index contributed by atoms with van der Waals surface area (Å²) in [6.07, 6.45) is 0.515. The standard InChI is InChI=1S/C36H26ClNO2S/c37-29-20-12-17-27(23-29)32-24-36(28-18-8-3-9-19-28)38(30-21-10-11-22-31(30)41-32)35(39)33(25-13-4-1-5-14-25)34(40-36)26-15-6-2-7-16-26/h1-23,32H,24H2/t32-,36+/m1/s1. The lowest BCUT2D eigenvalue weighted by atomic mass is 9.87. The number of halogens is 1. The van der Waals surface area contributed by atoms with Crippen LogP contribution in [-0.2, 0) is 15.3 Å². The number of amides is 1. The second-order valence-electron chi connectivity index (χ2n) is 10.2. The summed E-state index contributed by atoms with van der Waals surface area (Å²) in [6.45, 7) is 0. The number of thioether (sulfide) groups is 1. The molecule has 0 aliphatic carbocycles. The van der Waals surface area contributed by atoms with Crippen molar-refractivity contribution in [3.8, 4) is 0 Å². The van der Waals surface area contributed by atoms with Crippen molar-refractivity contribution in [2.45, 2.75) is 22.3 Å². The SMILES string of the molecule is O=C1C(c2ccccc2)=C(c2ccccc2)O[C@]2(c3ccccc3)C[C@H](c3cccc(Cl)c3)Sc3ccccc3N12. The van der Waals surface area contributed by atoms with Crippen molar-refractivity contribution in [2.75, 3.05) is 4.90 Å². The number of fused-ring (bicyclic) bond motifs is 3. The fraction of sp³-hybridized carbons (Fsp3) is 0.0833. The van der Waals surface area contributed by atoms with E-state index in [1.807, 2.05) is 120 Å². The van der Waals surface area contributed by atoms with E-state index in [1.165, 1.54) is 0 Å². The van der Waals surface area contributed by atoms with Gasteiger partial charge in [0.2, 0.25) is 5.72 Å². The van der Waals surface area contributed by atoms with Gasteiger partial charge in [0.25, 0.3) is 5.91 Å². The van der Waals surface area contributed by atoms with Crippen molar-refractivity contribution in [1.29, 1.82) is 0 Å². The minimum atomic E-state index is -1.12. The van der Waals surface area contributed by atoms with Crippen LogP contribution in [0, 0.1) is 0 Å². The molecule has 41 heavy (non-hydrogen) atoms. The van der Waals surface area contributed by atoms with Crippen LogP contribution < -0.4 is 4.90 Å². The highest BCUT2D eigenvalue weighted by Gasteiger charge is 2.54. The zero-order valence-electron chi connectivity index (χ0n) is 22.1. The van der Waals surface area contributed by atoms with E-state index in [9.17, 15) is 0 Å². The molecule has 5 aromatic rings. The highest BCUT2D eigenvalue weighted by Crippen LogP contribution is 2.58. The molecular weight excluding hydrogens is 546 g/mol. The van der Waals surface area contributed by atoms with E-state index in [2.05, 4.69) is 24.3 Å². The molecule has 2 atom stereocenters. The van der Waals surface area contributed by atoms with Gasteiger partial charge in [-0.05, 0) is 35.4 Å². The maximum absolute atomic E-state index is 15.1. The number of rotatable bonds is 4. The van der Waals surface area contributed by atoms with Crippen LogP contribution in [0.5, 0.6) is 0 Å². The van der Waals surface area contributed by atoms with Gasteiger partial charge in [-0.25, -0.2) is 0 Å². The first-order valence-electron chi connectivity index (χ1n) is 13.6. The largest absolute Gasteiger partial charge is 0.462 e. The third kappa shape index (κ3) is 4.54. The van der Waals surface area contributed by atoms with Gasteiger partial charge in [-0.15, -0.1) is 11.8 Å². The fourth-order valence-corrected chi connectivity index (χ4v) is 7.35. The zero-order chi connectivity index (χ0) is 27.8. The molecule has 0 bridgehead atoms. The molecule has 7 rings (SSSR count). The fourth-order valence-electron chi connectivity index (χ4n) is 5.81. The molecule has 0 aromatic heterocycles. The lowest BCUT2D eigenvalue weighted by Crippen LogP contribution is -2.55. The van der Waals surface area contributed by atoms with Gasteiger partial charge in [0, 0.05) is 32.7 Å². The van der Waals surface area contributed by atoms with E-state index in [0.29, 0.717) is 22.8 Å². The molecule has 0 N–H and O–H groups in total. The Morgan fingerprint density at radius 3 is 2.07 bits per heavy atom. The van der Waals surface area contributed by atoms with Crippen LogP contribution in [0.1, 0.15) is 33.9 Å². The summed E-state index contributed by atoms with van der Waals surface area (Å²) in [7, 11) is 0. The summed E-state index contributed by atoms with van der Waals surface area (Å²) in [5.74, 6) is 0.487. The lowest BCUT2D eigenvalue weighted by molar-refractivity contribution is -0.120. The Morgan fingerprint density at radius 1 is 0.732 bits per heavy atom. The van der Waals surface area contributed by atoms with Gasteiger partial charge in [0.1, 0.15) is 5.76 Å². The number of anilines is 1. The van der Waals surface area contributed by atoms with Crippen LogP contribution in [0.4, 0.5) is 5.69 Å². The van der Waals surface area contributed by atoms with Crippen molar-refractivity contribution in [3.05, 3.63) is 167 Å². The van der Waals surface area contributed by atoms with Gasteiger partial charge >= 0.3 is 0 Å². The third-order valence-corrected chi connectivity index (χ3v) is 9.21. The summed E-state index contributed by atoms with van der Waals surface area (Å²) in [4.78, 5) is 18.0. The first-order valence-corrected chi connectivity index (χ1v) is 14.9. The van der Waals surface area contributed by atoms with Crippen LogP contribution in [0.25, 0.3) is 11.3 Å². The Bertz CT molecular complexity index is 1760. The quantitative estimate of drug-likeness (QED) is 0.215. The molecule has 2 aliphatic heterocycles. The molecule has 0 spiro atoms. The van der Waals surface area contributed by atoms with E-state index >= 15 is 4.79 Å². The number of carbonyl (C=O) groups excluding carboxylic acids is 1. The maximum atomic E-state index is 15.1. The van der Waals surface area contributed by atoms with Gasteiger partial charge < -0.3 is 4.74 Å². The first kappa shape index (κ1) is 25.7. The van der Waals surface area contributed by atoms with Gasteiger partial charge in [-0.3, -0.25) is 9.69 Å². The molecule has 1 amide bonds. The monoisotopic (exact) mass is 571 g/mol. The van der Waals surface area contributed by atoms with E-state index in [4.69, 9.17) is 16.3 Å². The molecule has 0 radical (unpaired) electrons. The minimum Gasteiger partial charge on any atom is -0.462 e. The van der Waals surface area contributed by atoms with E-state index in [0.717, 1.165) is 32.8 Å². The van der Waals surface area contributed by atoms with Crippen molar-refractivity contribution >= 4 is 46.3 Å². The minimum absolute atomic E-state index is 0.0387. The number of nitrogens with zero attached hydrogens (tertiary/aromatic N) is 1. The van der Waals surface area contributed by atoms with Crippen molar-refractivity contribution in [3.63, 3.8) is 0 Å². The van der Waals surface area contributed by atoms with E-state index < -0.39 is 5.72 Å². The number of hydrogen-bond acceptors (Lipinski definition) is 3. The second-order valence-corrected chi connectivity index (χ2v) is 11.8.